The number of nitrogens with zero attached hydrogens (tertiary/aromatic N) is 1. The molecule has 4 fully saturated rings. The van der Waals surface area contributed by atoms with Crippen molar-refractivity contribution in [1.29, 1.82) is 0 Å². The van der Waals surface area contributed by atoms with E-state index in [0.717, 1.165) is 49.7 Å². The SMILES string of the molecule is CC1(C)[C@@H]2[C@@H](C(=O)NC(CC3CCC3)C(=O)C(N)=O)N(C(=O)[C@@H](NC(=O)NC3(CS(=O)(=O)C(C)(C)C)CCCCC3)C3Cc4ccccc4C3)C[C@@H]21. The lowest BCUT2D eigenvalue weighted by Gasteiger charge is -2.40. The van der Waals surface area contributed by atoms with Crippen molar-refractivity contribution >= 4 is 39.4 Å². The number of fused-ring (bicyclic) bond motifs is 2. The van der Waals surface area contributed by atoms with Gasteiger partial charge in [-0.2, -0.15) is 0 Å². The molecule has 5 atom stereocenters. The largest absolute Gasteiger partial charge is 0.363 e. The number of ketones is 1. The van der Waals surface area contributed by atoms with Crippen LogP contribution in [0.2, 0.25) is 0 Å². The quantitative estimate of drug-likeness (QED) is 0.237. The summed E-state index contributed by atoms with van der Waals surface area (Å²) in [6.45, 7) is 9.45. The van der Waals surface area contributed by atoms with Gasteiger partial charge in [0.05, 0.1) is 22.1 Å². The van der Waals surface area contributed by atoms with E-state index in [-0.39, 0.29) is 40.7 Å². The lowest BCUT2D eigenvalue weighted by molar-refractivity contribution is -0.144. The number of primary amides is 1. The summed E-state index contributed by atoms with van der Waals surface area (Å²) in [7, 11) is -3.58. The predicted octanol–water partition coefficient (Wildman–Crippen LogP) is 3.20. The third-order valence-electron chi connectivity index (χ3n) is 13.1. The molecule has 1 aromatic rings. The summed E-state index contributed by atoms with van der Waals surface area (Å²) in [5, 5.41) is 8.91. The van der Waals surface area contributed by atoms with E-state index in [4.69, 9.17) is 5.73 Å². The molecule has 5 amide bonds. The second kappa shape index (κ2) is 14.1. The number of benzene rings is 1. The van der Waals surface area contributed by atoms with E-state index in [1.54, 1.807) is 25.7 Å². The maximum Gasteiger partial charge on any atom is 0.315 e. The van der Waals surface area contributed by atoms with Gasteiger partial charge in [-0.1, -0.05) is 76.6 Å². The highest BCUT2D eigenvalue weighted by Gasteiger charge is 2.70. The summed E-state index contributed by atoms with van der Waals surface area (Å²) in [6, 6.07) is 4.39. The molecule has 52 heavy (non-hydrogen) atoms. The molecule has 5 N–H and O–H groups in total. The second-order valence-electron chi connectivity index (χ2n) is 17.9. The first-order valence-electron chi connectivity index (χ1n) is 19.2. The van der Waals surface area contributed by atoms with Gasteiger partial charge < -0.3 is 26.6 Å². The Morgan fingerprint density at radius 2 is 1.56 bits per heavy atom. The number of sulfone groups is 1. The summed E-state index contributed by atoms with van der Waals surface area (Å²) in [5.41, 5.74) is 6.40. The van der Waals surface area contributed by atoms with Crippen molar-refractivity contribution in [3.8, 4) is 0 Å². The van der Waals surface area contributed by atoms with Crippen LogP contribution in [-0.4, -0.2) is 83.6 Å². The lowest BCUT2D eigenvalue weighted by Crippen LogP contribution is -2.63. The molecule has 13 heteroatoms. The van der Waals surface area contributed by atoms with Crippen LogP contribution in [0.15, 0.2) is 24.3 Å². The van der Waals surface area contributed by atoms with Crippen molar-refractivity contribution in [3.05, 3.63) is 35.4 Å². The van der Waals surface area contributed by atoms with Crippen molar-refractivity contribution in [2.75, 3.05) is 12.3 Å². The average molecular weight is 740 g/mol. The summed E-state index contributed by atoms with van der Waals surface area (Å²) in [4.78, 5) is 69.6. The number of nitrogens with one attached hydrogen (secondary N) is 3. The number of likely N-dealkylation sites (tertiary alicyclic amines) is 1. The van der Waals surface area contributed by atoms with E-state index in [2.05, 4.69) is 29.8 Å². The van der Waals surface area contributed by atoms with Gasteiger partial charge in [0.2, 0.25) is 17.6 Å². The summed E-state index contributed by atoms with van der Waals surface area (Å²) in [6.07, 6.45) is 7.82. The maximum absolute atomic E-state index is 14.9. The molecular weight excluding hydrogens is 683 g/mol. The Balaban J connectivity index is 1.26. The summed E-state index contributed by atoms with van der Waals surface area (Å²) in [5.74, 6) is -3.20. The fourth-order valence-corrected chi connectivity index (χ4v) is 11.0. The molecule has 1 aliphatic heterocycles. The molecule has 3 saturated carbocycles. The third-order valence-corrected chi connectivity index (χ3v) is 15.9. The minimum absolute atomic E-state index is 0.0486. The van der Waals surface area contributed by atoms with Crippen molar-refractivity contribution < 1.29 is 32.4 Å². The van der Waals surface area contributed by atoms with Gasteiger partial charge in [-0.3, -0.25) is 19.2 Å². The van der Waals surface area contributed by atoms with Crippen LogP contribution in [0.1, 0.15) is 104 Å². The minimum Gasteiger partial charge on any atom is -0.363 e. The molecule has 286 valence electrons. The van der Waals surface area contributed by atoms with Crippen LogP contribution in [-0.2, 0) is 41.9 Å². The van der Waals surface area contributed by atoms with Crippen LogP contribution in [0.4, 0.5) is 4.79 Å². The molecule has 0 spiro atoms. The first kappa shape index (κ1) is 38.3. The van der Waals surface area contributed by atoms with Crippen molar-refractivity contribution in [3.63, 3.8) is 0 Å². The zero-order chi connectivity index (χ0) is 37.8. The second-order valence-corrected chi connectivity index (χ2v) is 20.7. The van der Waals surface area contributed by atoms with Crippen molar-refractivity contribution in [1.82, 2.24) is 20.9 Å². The molecule has 4 aliphatic carbocycles. The number of hydrogen-bond donors (Lipinski definition) is 4. The molecule has 1 aromatic carbocycles. The number of rotatable bonds is 12. The molecule has 6 rings (SSSR count). The zero-order valence-corrected chi connectivity index (χ0v) is 32.2. The Hall–Kier alpha value is -3.48. The van der Waals surface area contributed by atoms with Crippen LogP contribution in [0, 0.1) is 29.1 Å². The Morgan fingerprint density at radius 3 is 2.10 bits per heavy atom. The van der Waals surface area contributed by atoms with Crippen LogP contribution in [0.3, 0.4) is 0 Å². The van der Waals surface area contributed by atoms with Crippen LogP contribution in [0.5, 0.6) is 0 Å². The zero-order valence-electron chi connectivity index (χ0n) is 31.3. The molecular formula is C39H57N5O7S. The van der Waals surface area contributed by atoms with Gasteiger partial charge in [0.15, 0.2) is 9.84 Å². The minimum atomic E-state index is -3.58. The molecule has 0 bridgehead atoms. The van der Waals surface area contributed by atoms with Gasteiger partial charge in [0.1, 0.15) is 12.1 Å². The number of amides is 5. The number of hydrogen-bond acceptors (Lipinski definition) is 7. The van der Waals surface area contributed by atoms with Crippen molar-refractivity contribution in [2.45, 2.75) is 134 Å². The molecule has 5 aliphatic rings. The van der Waals surface area contributed by atoms with E-state index in [9.17, 15) is 32.4 Å². The smallest absolute Gasteiger partial charge is 0.315 e. The first-order valence-corrected chi connectivity index (χ1v) is 20.8. The first-order chi connectivity index (χ1) is 24.3. The Labute approximate surface area is 308 Å². The van der Waals surface area contributed by atoms with Crippen LogP contribution in [0.25, 0.3) is 0 Å². The number of carbonyl (C=O) groups excluding carboxylic acids is 5. The molecule has 1 unspecified atom stereocenters. The van der Waals surface area contributed by atoms with E-state index >= 15 is 0 Å². The number of carbonyl (C=O) groups is 5. The Morgan fingerprint density at radius 1 is 0.942 bits per heavy atom. The van der Waals surface area contributed by atoms with Crippen LogP contribution < -0.4 is 21.7 Å². The Bertz CT molecular complexity index is 1680. The molecule has 1 saturated heterocycles. The third kappa shape index (κ3) is 7.48. The van der Waals surface area contributed by atoms with Gasteiger partial charge in [-0.05, 0) is 93.1 Å². The molecule has 1 heterocycles. The average Bonchev–Trinajstić information content (AvgIpc) is 3.40. The van der Waals surface area contributed by atoms with Gasteiger partial charge in [-0.15, -0.1) is 0 Å². The number of piperidine rings is 1. The fraction of sp³-hybridized carbons (Fsp3) is 0.718. The number of nitrogens with two attached hydrogens (primary N) is 1. The van der Waals surface area contributed by atoms with Gasteiger partial charge in [0.25, 0.3) is 5.91 Å². The van der Waals surface area contributed by atoms with Crippen LogP contribution >= 0.6 is 0 Å². The predicted molar refractivity (Wildman–Crippen MR) is 197 cm³/mol. The standard InChI is InChI=1S/C39H57N5O7S/c1-37(2,3)52(50,51)22-39(16-9-6-10-17-39)43-36(49)42-30(26-19-24-14-7-8-15-25(24)20-26)35(48)44-21-27-29(38(27,4)5)31(44)34(47)41-28(32(45)33(40)46)18-23-12-11-13-23/h7-8,14-15,23,26-31H,6,9-13,16-22H2,1-5H3,(H2,40,46)(H,41,47)(H2,42,43,49)/t27-,28?,29-,30-,31-/m0/s1. The van der Waals surface area contributed by atoms with E-state index < -0.39 is 61.9 Å². The van der Waals surface area contributed by atoms with E-state index in [0.29, 0.717) is 38.6 Å². The van der Waals surface area contributed by atoms with E-state index in [1.807, 2.05) is 24.3 Å². The summed E-state index contributed by atoms with van der Waals surface area (Å²) >= 11 is 0. The fourth-order valence-electron chi connectivity index (χ4n) is 9.46. The molecule has 0 radical (unpaired) electrons. The highest BCUT2D eigenvalue weighted by Crippen LogP contribution is 2.65. The topological polar surface area (TPSA) is 185 Å². The number of urea groups is 1. The maximum atomic E-state index is 14.9. The van der Waals surface area contributed by atoms with Gasteiger partial charge in [0, 0.05) is 6.54 Å². The highest BCUT2D eigenvalue weighted by atomic mass is 32.2. The van der Waals surface area contributed by atoms with Crippen molar-refractivity contribution in [2.24, 2.45) is 34.8 Å². The van der Waals surface area contributed by atoms with E-state index in [1.165, 1.54) is 0 Å². The van der Waals surface area contributed by atoms with Gasteiger partial charge >= 0.3 is 6.03 Å². The van der Waals surface area contributed by atoms with Gasteiger partial charge in [-0.25, -0.2) is 13.2 Å². The Kier molecular flexibility index (Phi) is 10.3. The highest BCUT2D eigenvalue weighted by molar-refractivity contribution is 7.92. The lowest BCUT2D eigenvalue weighted by atomic mass is 9.80. The number of Topliss-reactive ketones (excluding diaryl/α,β-unsaturated/α-hetero) is 1. The molecule has 12 nitrogen and oxygen atoms in total. The normalized spacial score (nSPS) is 26.2. The molecule has 0 aromatic heterocycles. The monoisotopic (exact) mass is 739 g/mol. The summed E-state index contributed by atoms with van der Waals surface area (Å²) < 4.78 is 25.9.